The Hall–Kier alpha value is -3.15. The van der Waals surface area contributed by atoms with Crippen LogP contribution in [-0.4, -0.2) is 37.1 Å². The number of halogens is 1. The smallest absolute Gasteiger partial charge is 0.161 e. The summed E-state index contributed by atoms with van der Waals surface area (Å²) in [5, 5.41) is 10.2. The van der Waals surface area contributed by atoms with E-state index in [0.717, 1.165) is 33.3 Å². The molecule has 1 aliphatic rings. The number of aryl methyl sites for hydroxylation is 1. The summed E-state index contributed by atoms with van der Waals surface area (Å²) in [6.45, 7) is 13.5. The molecule has 0 amide bonds. The van der Waals surface area contributed by atoms with Gasteiger partial charge in [0.25, 0.3) is 0 Å². The van der Waals surface area contributed by atoms with E-state index >= 15 is 0 Å². The van der Waals surface area contributed by atoms with Crippen molar-refractivity contribution in [2.75, 3.05) is 20.9 Å². The average molecular weight is 428 g/mol. The van der Waals surface area contributed by atoms with Crippen molar-refractivity contribution in [1.29, 1.82) is 0 Å². The van der Waals surface area contributed by atoms with Crippen molar-refractivity contribution in [3.05, 3.63) is 75.9 Å². The van der Waals surface area contributed by atoms with Gasteiger partial charge in [-0.2, -0.15) is 5.10 Å². The highest BCUT2D eigenvalue weighted by atomic mass is 19.1. The van der Waals surface area contributed by atoms with Gasteiger partial charge >= 0.3 is 0 Å². The first-order chi connectivity index (χ1) is 15.1. The van der Waals surface area contributed by atoms with Crippen LogP contribution >= 0.6 is 0 Å². The average Bonchev–Trinajstić information content (AvgIpc) is 3.09. The molecule has 1 N–H and O–H groups in total. The Bertz CT molecular complexity index is 1120. The van der Waals surface area contributed by atoms with Gasteiger partial charge in [-0.15, -0.1) is 13.2 Å². The molecule has 0 radical (unpaired) electrons. The number of aromatic nitrogens is 2. The summed E-state index contributed by atoms with van der Waals surface area (Å²) >= 11 is 0. The fourth-order valence-corrected chi connectivity index (χ4v) is 3.31. The largest absolute Gasteiger partial charge is 0.493 e. The van der Waals surface area contributed by atoms with E-state index in [9.17, 15) is 4.39 Å². The van der Waals surface area contributed by atoms with Crippen molar-refractivity contribution in [2.45, 2.75) is 40.2 Å². The second-order valence-electron chi connectivity index (χ2n) is 6.24. The lowest BCUT2D eigenvalue weighted by molar-refractivity contribution is 0.354. The van der Waals surface area contributed by atoms with Crippen molar-refractivity contribution < 1.29 is 13.9 Å². The van der Waals surface area contributed by atoms with Gasteiger partial charge in [0.1, 0.15) is 6.67 Å². The third kappa shape index (κ3) is 5.94. The van der Waals surface area contributed by atoms with E-state index in [1.165, 1.54) is 6.08 Å². The molecule has 1 unspecified atom stereocenters. The van der Waals surface area contributed by atoms with Crippen molar-refractivity contribution in [3.63, 3.8) is 0 Å². The number of alkyl halides is 1. The van der Waals surface area contributed by atoms with E-state index in [2.05, 4.69) is 35.5 Å². The zero-order chi connectivity index (χ0) is 23.4. The molecule has 1 aliphatic heterocycles. The van der Waals surface area contributed by atoms with E-state index in [4.69, 9.17) is 14.5 Å². The Morgan fingerprint density at radius 2 is 1.84 bits per heavy atom. The predicted octanol–water partition coefficient (Wildman–Crippen LogP) is 4.50. The molecule has 31 heavy (non-hydrogen) atoms. The second kappa shape index (κ2) is 13.2. The van der Waals surface area contributed by atoms with E-state index in [0.29, 0.717) is 17.0 Å². The highest BCUT2D eigenvalue weighted by Gasteiger charge is 2.14. The van der Waals surface area contributed by atoms with Crippen LogP contribution in [0.25, 0.3) is 6.08 Å². The van der Waals surface area contributed by atoms with Crippen LogP contribution in [0.4, 0.5) is 4.39 Å². The molecule has 0 fully saturated rings. The molecule has 2 aromatic rings. The van der Waals surface area contributed by atoms with Crippen LogP contribution in [0.15, 0.2) is 54.1 Å². The Morgan fingerprint density at radius 3 is 2.42 bits per heavy atom. The molecule has 6 heteroatoms. The first-order valence-electron chi connectivity index (χ1n) is 10.4. The molecule has 5 nitrogen and oxygen atoms in total. The number of rotatable bonds is 6. The lowest BCUT2D eigenvalue weighted by atomic mass is 10.0. The molecule has 1 atom stereocenters. The Morgan fingerprint density at radius 1 is 1.19 bits per heavy atom. The van der Waals surface area contributed by atoms with Crippen molar-refractivity contribution in [2.24, 2.45) is 4.99 Å². The number of H-pyrrole nitrogens is 1. The first-order valence-corrected chi connectivity index (χ1v) is 10.4. The number of nitrogens with zero attached hydrogens (tertiary/aromatic N) is 2. The van der Waals surface area contributed by atoms with Gasteiger partial charge in [0.05, 0.1) is 26.0 Å². The van der Waals surface area contributed by atoms with E-state index in [-0.39, 0.29) is 6.04 Å². The van der Waals surface area contributed by atoms with Crippen LogP contribution in [0.3, 0.4) is 0 Å². The Balaban J connectivity index is 0.00000113. The van der Waals surface area contributed by atoms with Gasteiger partial charge in [0.2, 0.25) is 0 Å². The van der Waals surface area contributed by atoms with Gasteiger partial charge in [-0.05, 0) is 47.6 Å². The van der Waals surface area contributed by atoms with Crippen LogP contribution in [0, 0.1) is 17.4 Å². The molecule has 1 aromatic heterocycles. The van der Waals surface area contributed by atoms with Crippen molar-refractivity contribution >= 4 is 6.08 Å². The third-order valence-corrected chi connectivity index (χ3v) is 4.54. The zero-order valence-electron chi connectivity index (χ0n) is 19.5. The van der Waals surface area contributed by atoms with E-state index < -0.39 is 6.67 Å². The van der Waals surface area contributed by atoms with Gasteiger partial charge in [-0.1, -0.05) is 39.0 Å². The standard InChI is InChI=1S/C21H24FN3O2.C2H6.C2H4/c1-5-7-14(8-6-9-22)17-10-15-11-18(26-3)19(27-4)12-16(15)20-13(2)24-25-21(20)23-17;2*1-2/h6-8,10-12,17H,5,9H2,1-4H3,(H,23,25);1-2H3;1-2H2/b8-6-,14-7+;;. The number of hydrogen-bond donors (Lipinski definition) is 1. The SMILES string of the molecule is C=C.CC.CC/C=C(\C=C/CF)C1C=c2cc(OC)c(OC)cc2=c2c(C)n[nH]c2=N1. The summed E-state index contributed by atoms with van der Waals surface area (Å²) in [4.78, 5) is 4.86. The first kappa shape index (κ1) is 25.9. The summed E-state index contributed by atoms with van der Waals surface area (Å²) in [5.74, 6) is 1.30. The molecule has 0 aliphatic carbocycles. The van der Waals surface area contributed by atoms with Gasteiger partial charge in [0.15, 0.2) is 17.0 Å². The van der Waals surface area contributed by atoms with Gasteiger partial charge < -0.3 is 9.47 Å². The topological polar surface area (TPSA) is 59.5 Å². The second-order valence-corrected chi connectivity index (χ2v) is 6.24. The fraction of sp³-hybridized carbons (Fsp3) is 0.360. The van der Waals surface area contributed by atoms with Crippen molar-refractivity contribution in [3.8, 4) is 11.5 Å². The number of allylic oxidation sites excluding steroid dienone is 2. The number of methoxy groups -OCH3 is 2. The zero-order valence-corrected chi connectivity index (χ0v) is 19.5. The number of hydrogen-bond acceptors (Lipinski definition) is 4. The number of nitrogens with one attached hydrogen (secondary N) is 1. The Kier molecular flexibility index (Phi) is 11.0. The molecular formula is C25H34FN3O2. The van der Waals surface area contributed by atoms with Gasteiger partial charge in [-0.25, -0.2) is 4.39 Å². The maximum Gasteiger partial charge on any atom is 0.161 e. The van der Waals surface area contributed by atoms with E-state index in [1.54, 1.807) is 20.3 Å². The molecule has 168 valence electrons. The minimum absolute atomic E-state index is 0.259. The van der Waals surface area contributed by atoms with Gasteiger partial charge in [-0.3, -0.25) is 10.1 Å². The van der Waals surface area contributed by atoms with Crippen LogP contribution < -0.4 is 20.2 Å². The summed E-state index contributed by atoms with van der Waals surface area (Å²) in [6, 6.07) is 3.64. The summed E-state index contributed by atoms with van der Waals surface area (Å²) in [7, 11) is 3.23. The monoisotopic (exact) mass is 427 g/mol. The fourth-order valence-electron chi connectivity index (χ4n) is 3.31. The minimum atomic E-state index is -0.510. The molecule has 3 rings (SSSR count). The summed E-state index contributed by atoms with van der Waals surface area (Å²) in [6.07, 6.45) is 8.26. The van der Waals surface area contributed by atoms with Crippen molar-refractivity contribution in [1.82, 2.24) is 10.2 Å². The quantitative estimate of drug-likeness (QED) is 0.546. The van der Waals surface area contributed by atoms with Gasteiger partial charge in [0, 0.05) is 5.22 Å². The number of benzene rings is 1. The molecule has 1 aromatic carbocycles. The van der Waals surface area contributed by atoms with Crippen LogP contribution in [-0.2, 0) is 0 Å². The third-order valence-electron chi connectivity index (χ3n) is 4.54. The number of ether oxygens (including phenoxy) is 2. The molecule has 0 bridgehead atoms. The normalized spacial score (nSPS) is 14.4. The highest BCUT2D eigenvalue weighted by Crippen LogP contribution is 2.25. The van der Waals surface area contributed by atoms with Crippen LogP contribution in [0.5, 0.6) is 11.5 Å². The maximum atomic E-state index is 12.7. The lowest BCUT2D eigenvalue weighted by Crippen LogP contribution is -2.13. The van der Waals surface area contributed by atoms with Crippen LogP contribution in [0.1, 0.15) is 32.9 Å². The molecule has 0 saturated heterocycles. The highest BCUT2D eigenvalue weighted by molar-refractivity contribution is 5.50. The molecule has 2 heterocycles. The molecular weight excluding hydrogens is 393 g/mol. The number of aromatic amines is 1. The molecule has 0 saturated carbocycles. The molecule has 0 spiro atoms. The Labute approximate surface area is 184 Å². The number of fused-ring (bicyclic) bond motifs is 2. The lowest BCUT2D eigenvalue weighted by Gasteiger charge is -2.10. The summed E-state index contributed by atoms with van der Waals surface area (Å²) < 4.78 is 23.7. The predicted molar refractivity (Wildman–Crippen MR) is 126 cm³/mol. The minimum Gasteiger partial charge on any atom is -0.493 e. The van der Waals surface area contributed by atoms with Crippen LogP contribution in [0.2, 0.25) is 0 Å². The maximum absolute atomic E-state index is 12.7. The summed E-state index contributed by atoms with van der Waals surface area (Å²) in [5.41, 5.74) is 2.50. The van der Waals surface area contributed by atoms with E-state index in [1.807, 2.05) is 39.8 Å².